The normalized spacial score (nSPS) is 9.98. The first-order valence-electron chi connectivity index (χ1n) is 13.1. The number of halogens is 5. The van der Waals surface area contributed by atoms with Gasteiger partial charge in [0.1, 0.15) is 0 Å². The molecule has 0 aliphatic heterocycles. The monoisotopic (exact) mass is 734 g/mol. The summed E-state index contributed by atoms with van der Waals surface area (Å²) in [7, 11) is 0. The van der Waals surface area contributed by atoms with E-state index in [0.717, 1.165) is 11.1 Å². The molecule has 0 saturated carbocycles. The molecule has 0 spiro atoms. The van der Waals surface area contributed by atoms with E-state index in [1.165, 1.54) is 60.1 Å². The molecule has 0 aliphatic carbocycles. The second-order valence-corrected chi connectivity index (χ2v) is 11.7. The Hall–Kier alpha value is -2.48. The first kappa shape index (κ1) is 35.0. The van der Waals surface area contributed by atoms with Gasteiger partial charge < -0.3 is 24.8 Å². The van der Waals surface area contributed by atoms with Crippen LogP contribution in [0.15, 0.2) is 152 Å². The topological polar surface area (TPSA) is 0 Å². The van der Waals surface area contributed by atoms with Gasteiger partial charge in [-0.15, -0.1) is 51.4 Å². The molecule has 0 N–H and O–H groups in total. The fourth-order valence-corrected chi connectivity index (χ4v) is 6.05. The minimum Gasteiger partial charge on any atom is -0.126 e. The Balaban J connectivity index is 0.000000173. The first-order chi connectivity index (χ1) is 20.0. The average Bonchev–Trinajstić information content (AvgIpc) is 3.70. The summed E-state index contributed by atoms with van der Waals surface area (Å²) in [5.41, 5.74) is 4.62. The van der Waals surface area contributed by atoms with Crippen molar-refractivity contribution < 1.29 is 49.0 Å². The van der Waals surface area contributed by atoms with Crippen LogP contribution < -0.4 is 24.8 Å². The molecule has 0 bridgehead atoms. The molecule has 0 atom stereocenters. The van der Waals surface area contributed by atoms with Gasteiger partial charge in [-0.25, -0.2) is 0 Å². The minimum absolute atomic E-state index is 0. The Labute approximate surface area is 295 Å². The van der Waals surface area contributed by atoms with Crippen LogP contribution in [0, 0.1) is 0 Å². The van der Waals surface area contributed by atoms with Gasteiger partial charge in [0, 0.05) is 5.02 Å². The van der Waals surface area contributed by atoms with Crippen molar-refractivity contribution in [1.29, 1.82) is 0 Å². The molecule has 6 heteroatoms. The quantitative estimate of drug-likeness (QED) is 0.165. The van der Waals surface area contributed by atoms with Gasteiger partial charge in [-0.05, 0) is 0 Å². The van der Waals surface area contributed by atoms with E-state index in [1.54, 1.807) is 6.07 Å². The third-order valence-electron chi connectivity index (χ3n) is 6.66. The predicted octanol–water partition coefficient (Wildman–Crippen LogP) is 5.55. The van der Waals surface area contributed by atoms with E-state index < -0.39 is 0 Å². The fourth-order valence-electron chi connectivity index (χ4n) is 4.58. The van der Waals surface area contributed by atoms with Crippen molar-refractivity contribution >= 4 is 59.6 Å². The van der Waals surface area contributed by atoms with E-state index in [2.05, 4.69) is 115 Å². The first-order valence-corrected chi connectivity index (χ1v) is 15.5. The molecular formula is C37H25Cl5Zr-2. The molecule has 43 heavy (non-hydrogen) atoms. The second kappa shape index (κ2) is 17.1. The Morgan fingerprint density at radius 3 is 1.49 bits per heavy atom. The molecule has 0 aliphatic rings. The van der Waals surface area contributed by atoms with Gasteiger partial charge in [-0.3, -0.25) is 0 Å². The van der Waals surface area contributed by atoms with Crippen molar-refractivity contribution in [2.45, 2.75) is 0 Å². The number of benzene rings is 5. The third kappa shape index (κ3) is 8.80. The largest absolute Gasteiger partial charge is 0.126 e. The summed E-state index contributed by atoms with van der Waals surface area (Å²) >= 11 is 19.3. The van der Waals surface area contributed by atoms with Gasteiger partial charge in [0.25, 0.3) is 0 Å². The van der Waals surface area contributed by atoms with Crippen molar-refractivity contribution in [2.24, 2.45) is 0 Å². The van der Waals surface area contributed by atoms with Crippen molar-refractivity contribution in [3.63, 3.8) is 0 Å². The van der Waals surface area contributed by atoms with Crippen molar-refractivity contribution in [3.05, 3.63) is 178 Å². The molecule has 0 heterocycles. The zero-order valence-corrected chi connectivity index (χ0v) is 29.1. The molecule has 7 rings (SSSR count). The molecule has 7 aromatic carbocycles. The van der Waals surface area contributed by atoms with Crippen LogP contribution in [-0.4, -0.2) is 3.21 Å². The Bertz CT molecular complexity index is 1780. The summed E-state index contributed by atoms with van der Waals surface area (Å²) in [5, 5.41) is 6.79. The van der Waals surface area contributed by atoms with E-state index in [1.807, 2.05) is 30.3 Å². The zero-order valence-electron chi connectivity index (χ0n) is 22.8. The van der Waals surface area contributed by atoms with E-state index in [9.17, 15) is 0 Å². The van der Waals surface area contributed by atoms with Gasteiger partial charge in [-0.2, -0.15) is 18.2 Å². The van der Waals surface area contributed by atoms with Crippen LogP contribution in [0.3, 0.4) is 0 Å². The summed E-state index contributed by atoms with van der Waals surface area (Å²) in [6.07, 6.45) is 0. The molecule has 0 radical (unpaired) electrons. The number of rotatable bonds is 3. The van der Waals surface area contributed by atoms with Crippen LogP contribution in [0.4, 0.5) is 0 Å². The summed E-state index contributed by atoms with van der Waals surface area (Å²) in [6, 6.07) is 51.9. The van der Waals surface area contributed by atoms with Crippen LogP contribution in [0.5, 0.6) is 0 Å². The number of hydrogen-bond donors (Lipinski definition) is 0. The molecule has 0 unspecified atom stereocenters. The molecule has 0 amide bonds. The summed E-state index contributed by atoms with van der Waals surface area (Å²) in [4.78, 5) is 0. The number of fused-ring (bicyclic) bond motifs is 3. The molecule has 214 valence electrons. The SMILES string of the molecule is Clc1ccc(-c2ccc[cH-]2)c(Cl)c1Cl.[Cl-].[Cl-].[Zr+2]=[C](c1ccccc1)c1ccccc1.c1ccc2c(c1)[cH-]c1ccccc12. The summed E-state index contributed by atoms with van der Waals surface area (Å²) < 4.78 is 1.42. The van der Waals surface area contributed by atoms with Gasteiger partial charge in [0.15, 0.2) is 0 Å². The van der Waals surface area contributed by atoms with Crippen molar-refractivity contribution in [2.75, 3.05) is 0 Å². The maximum absolute atomic E-state index is 6.07. The van der Waals surface area contributed by atoms with E-state index >= 15 is 0 Å². The van der Waals surface area contributed by atoms with Crippen LogP contribution in [0.25, 0.3) is 32.7 Å². The van der Waals surface area contributed by atoms with Crippen LogP contribution in [-0.2, 0) is 24.2 Å². The Kier molecular flexibility index (Phi) is 13.9. The standard InChI is InChI=1S/C13H9.C13H10.C11H6Cl3.2ClH.Zr/c1-3-7-12-10(5-1)9-11-6-2-4-8-13(11)12;1-3-7-12(8-4-1)11-13-9-5-2-6-10-13;12-9-6-5-8(10(13)11(9)14)7-3-1-2-4-7;;;/h1-9H;1-10H;1-6H;2*1H;/q-1;;-1;;;+2/p-2. The van der Waals surface area contributed by atoms with Crippen LogP contribution >= 0.6 is 34.8 Å². The fraction of sp³-hybridized carbons (Fsp3) is 0. The number of hydrogen-bond acceptors (Lipinski definition) is 0. The Morgan fingerprint density at radius 2 is 1.00 bits per heavy atom. The smallest absolute Gasteiger partial charge is 0.0771 e. The van der Waals surface area contributed by atoms with Crippen LogP contribution in [0.1, 0.15) is 11.1 Å². The van der Waals surface area contributed by atoms with Crippen molar-refractivity contribution in [1.82, 2.24) is 0 Å². The van der Waals surface area contributed by atoms with Gasteiger partial charge in [0.2, 0.25) is 0 Å². The zero-order chi connectivity index (χ0) is 28.6. The minimum atomic E-state index is 0. The maximum atomic E-state index is 6.07. The van der Waals surface area contributed by atoms with Crippen molar-refractivity contribution in [3.8, 4) is 11.1 Å². The molecule has 0 nitrogen and oxygen atoms in total. The second-order valence-electron chi connectivity index (χ2n) is 9.32. The van der Waals surface area contributed by atoms with E-state index in [4.69, 9.17) is 34.8 Å². The average molecular weight is 738 g/mol. The molecule has 0 saturated heterocycles. The van der Waals surface area contributed by atoms with Gasteiger partial charge >= 0.3 is 99.2 Å². The van der Waals surface area contributed by atoms with Gasteiger partial charge in [0.05, 0.1) is 10.0 Å². The van der Waals surface area contributed by atoms with Crippen LogP contribution in [0.2, 0.25) is 15.1 Å². The van der Waals surface area contributed by atoms with E-state index in [0.29, 0.717) is 15.1 Å². The maximum Gasteiger partial charge on any atom is -0.0771 e. The molecule has 0 aromatic heterocycles. The molecule has 0 fully saturated rings. The predicted molar refractivity (Wildman–Crippen MR) is 176 cm³/mol. The molecular weight excluding hydrogens is 713 g/mol. The van der Waals surface area contributed by atoms with E-state index in [-0.39, 0.29) is 24.8 Å². The molecule has 7 aromatic rings. The van der Waals surface area contributed by atoms with Gasteiger partial charge in [-0.1, -0.05) is 88.9 Å². The third-order valence-corrected chi connectivity index (χ3v) is 9.37. The Morgan fingerprint density at radius 1 is 0.512 bits per heavy atom. The summed E-state index contributed by atoms with van der Waals surface area (Å²) in [5.74, 6) is 0. The summed E-state index contributed by atoms with van der Waals surface area (Å²) in [6.45, 7) is 0.